The lowest BCUT2D eigenvalue weighted by Crippen LogP contribution is -2.05. The van der Waals surface area contributed by atoms with E-state index in [9.17, 15) is 0 Å². The Kier molecular flexibility index (Phi) is 4.08. The highest BCUT2D eigenvalue weighted by atomic mass is 16.5. The topological polar surface area (TPSA) is 114 Å². The van der Waals surface area contributed by atoms with Crippen LogP contribution >= 0.6 is 0 Å². The molecule has 2 heterocycles. The number of nitrogens with zero attached hydrogens (tertiary/aromatic N) is 2. The Labute approximate surface area is 145 Å². The van der Waals surface area contributed by atoms with Gasteiger partial charge in [0, 0.05) is 28.1 Å². The first kappa shape index (κ1) is 16.8. The maximum atomic E-state index is 8.14. The minimum absolute atomic E-state index is 0.374. The summed E-state index contributed by atoms with van der Waals surface area (Å²) in [4.78, 5) is 7.62. The Morgan fingerprint density at radius 2 is 2.00 bits per heavy atom. The summed E-state index contributed by atoms with van der Waals surface area (Å²) in [6.07, 6.45) is 0. The van der Waals surface area contributed by atoms with Gasteiger partial charge in [0.05, 0.1) is 18.3 Å². The first-order chi connectivity index (χ1) is 11.8. The molecule has 3 aromatic rings. The summed E-state index contributed by atoms with van der Waals surface area (Å²) in [6, 6.07) is 4.35. The van der Waals surface area contributed by atoms with Crippen molar-refractivity contribution in [3.63, 3.8) is 0 Å². The number of fused-ring (bicyclic) bond motifs is 1. The van der Waals surface area contributed by atoms with Crippen LogP contribution in [-0.4, -0.2) is 27.9 Å². The van der Waals surface area contributed by atoms with Crippen LogP contribution < -0.4 is 10.5 Å². The number of aromatic nitrogens is 3. The number of imidazole rings is 1. The lowest BCUT2D eigenvalue weighted by Gasteiger charge is -2.12. The minimum atomic E-state index is 0.374. The number of H-pyrrole nitrogens is 1. The van der Waals surface area contributed by atoms with E-state index >= 15 is 0 Å². The fraction of sp³-hybridized carbons (Fsp3) is 0.278. The van der Waals surface area contributed by atoms with E-state index in [0.29, 0.717) is 28.5 Å². The molecule has 0 aliphatic rings. The second-order valence-electron chi connectivity index (χ2n) is 6.05. The van der Waals surface area contributed by atoms with Crippen LogP contribution in [0.1, 0.15) is 30.9 Å². The normalized spacial score (nSPS) is 12.4. The SMILES string of the molecule is COc1nc2c(/C(C(C)=N)=C(\C)N)cc(-c3c(C)noc3C)cc2[nH]1. The van der Waals surface area contributed by atoms with E-state index in [4.69, 9.17) is 20.4 Å². The molecule has 0 aliphatic heterocycles. The standard InChI is InChI=1S/C18H21N5O2/c1-8(19)15(9(2)20)13-6-12(16-10(3)23-25-11(16)4)7-14-17(13)22-18(21-14)24-5/h6-7,19H,20H2,1-5H3,(H,21,22)/b15-9+,19-8?. The van der Waals surface area contributed by atoms with Gasteiger partial charge in [-0.15, -0.1) is 0 Å². The number of hydrogen-bond acceptors (Lipinski definition) is 6. The van der Waals surface area contributed by atoms with Gasteiger partial charge in [0.1, 0.15) is 11.3 Å². The van der Waals surface area contributed by atoms with Gasteiger partial charge in [-0.3, -0.25) is 0 Å². The number of rotatable bonds is 4. The Morgan fingerprint density at radius 1 is 1.28 bits per heavy atom. The number of nitrogens with one attached hydrogen (secondary N) is 2. The first-order valence-electron chi connectivity index (χ1n) is 7.86. The molecular weight excluding hydrogens is 318 g/mol. The van der Waals surface area contributed by atoms with Crippen molar-refractivity contribution in [2.24, 2.45) is 5.73 Å². The van der Waals surface area contributed by atoms with Gasteiger partial charge in [-0.05, 0) is 45.4 Å². The Bertz CT molecular complexity index is 987. The monoisotopic (exact) mass is 339 g/mol. The molecule has 0 fully saturated rings. The number of hydrogen-bond donors (Lipinski definition) is 3. The molecule has 7 heteroatoms. The van der Waals surface area contributed by atoms with Gasteiger partial charge in [0.15, 0.2) is 0 Å². The Hall–Kier alpha value is -3.09. The first-order valence-corrected chi connectivity index (χ1v) is 7.86. The second-order valence-corrected chi connectivity index (χ2v) is 6.05. The van der Waals surface area contributed by atoms with Crippen molar-refractivity contribution >= 4 is 22.3 Å². The third kappa shape index (κ3) is 2.77. The Balaban J connectivity index is 2.40. The molecule has 0 saturated carbocycles. The summed E-state index contributed by atoms with van der Waals surface area (Å²) >= 11 is 0. The number of benzene rings is 1. The molecule has 0 bridgehead atoms. The quantitative estimate of drug-likeness (QED) is 0.629. The van der Waals surface area contributed by atoms with Gasteiger partial charge in [-0.25, -0.2) is 0 Å². The fourth-order valence-electron chi connectivity index (χ4n) is 3.13. The highest BCUT2D eigenvalue weighted by molar-refractivity contribution is 6.24. The molecule has 0 radical (unpaired) electrons. The molecule has 25 heavy (non-hydrogen) atoms. The highest BCUT2D eigenvalue weighted by Crippen LogP contribution is 2.35. The van der Waals surface area contributed by atoms with Crippen LogP contribution in [0.4, 0.5) is 0 Å². The van der Waals surface area contributed by atoms with E-state index in [0.717, 1.165) is 33.7 Å². The molecule has 4 N–H and O–H groups in total. The maximum Gasteiger partial charge on any atom is 0.294 e. The van der Waals surface area contributed by atoms with Crippen LogP contribution in [0.25, 0.3) is 27.7 Å². The van der Waals surface area contributed by atoms with Gasteiger partial charge in [0.2, 0.25) is 0 Å². The molecule has 0 aliphatic carbocycles. The van der Waals surface area contributed by atoms with Crippen LogP contribution in [-0.2, 0) is 0 Å². The maximum absolute atomic E-state index is 8.14. The van der Waals surface area contributed by atoms with Crippen LogP contribution in [0, 0.1) is 19.3 Å². The molecule has 130 valence electrons. The largest absolute Gasteiger partial charge is 0.468 e. The van der Waals surface area contributed by atoms with E-state index in [1.165, 1.54) is 0 Å². The number of methoxy groups -OCH3 is 1. The van der Waals surface area contributed by atoms with Crippen molar-refractivity contribution in [3.05, 3.63) is 34.8 Å². The van der Waals surface area contributed by atoms with Gasteiger partial charge in [-0.1, -0.05) is 5.16 Å². The Morgan fingerprint density at radius 3 is 2.52 bits per heavy atom. The summed E-state index contributed by atoms with van der Waals surface area (Å²) in [6.45, 7) is 7.27. The zero-order valence-corrected chi connectivity index (χ0v) is 14.9. The molecule has 0 spiro atoms. The number of aromatic amines is 1. The van der Waals surface area contributed by atoms with E-state index in [2.05, 4.69) is 15.1 Å². The summed E-state index contributed by atoms with van der Waals surface area (Å²) in [7, 11) is 1.55. The van der Waals surface area contributed by atoms with E-state index in [1.807, 2.05) is 26.0 Å². The summed E-state index contributed by atoms with van der Waals surface area (Å²) in [5, 5.41) is 12.2. The van der Waals surface area contributed by atoms with Crippen molar-refractivity contribution in [1.29, 1.82) is 5.41 Å². The molecule has 3 rings (SSSR count). The smallest absolute Gasteiger partial charge is 0.294 e. The van der Waals surface area contributed by atoms with E-state index < -0.39 is 0 Å². The molecule has 1 aromatic carbocycles. The van der Waals surface area contributed by atoms with Crippen molar-refractivity contribution in [3.8, 4) is 17.1 Å². The van der Waals surface area contributed by atoms with E-state index in [-0.39, 0.29) is 0 Å². The minimum Gasteiger partial charge on any atom is -0.468 e. The molecule has 2 aromatic heterocycles. The van der Waals surface area contributed by atoms with Crippen LogP contribution in [0.15, 0.2) is 22.4 Å². The predicted octanol–water partition coefficient (Wildman–Crippen LogP) is 3.57. The molecule has 7 nitrogen and oxygen atoms in total. The predicted molar refractivity (Wildman–Crippen MR) is 97.8 cm³/mol. The zero-order valence-electron chi connectivity index (χ0n) is 14.9. The highest BCUT2D eigenvalue weighted by Gasteiger charge is 2.19. The second kappa shape index (κ2) is 6.08. The van der Waals surface area contributed by atoms with Crippen LogP contribution in [0.3, 0.4) is 0 Å². The summed E-state index contributed by atoms with van der Waals surface area (Å²) < 4.78 is 10.5. The summed E-state index contributed by atoms with van der Waals surface area (Å²) in [5.74, 6) is 0.732. The van der Waals surface area contributed by atoms with Gasteiger partial charge < -0.3 is 25.4 Å². The lowest BCUT2D eigenvalue weighted by atomic mass is 9.94. The fourth-order valence-corrected chi connectivity index (χ4v) is 3.13. The van der Waals surface area contributed by atoms with Crippen molar-refractivity contribution in [2.45, 2.75) is 27.7 Å². The van der Waals surface area contributed by atoms with Crippen molar-refractivity contribution in [1.82, 2.24) is 15.1 Å². The average Bonchev–Trinajstić information content (AvgIpc) is 3.09. The van der Waals surface area contributed by atoms with Crippen molar-refractivity contribution in [2.75, 3.05) is 7.11 Å². The molecule has 0 atom stereocenters. The average molecular weight is 339 g/mol. The number of ether oxygens (including phenoxy) is 1. The number of allylic oxidation sites excluding steroid dienone is 2. The van der Waals surface area contributed by atoms with Crippen molar-refractivity contribution < 1.29 is 9.26 Å². The zero-order chi connectivity index (χ0) is 18.3. The van der Waals surface area contributed by atoms with Gasteiger partial charge >= 0.3 is 0 Å². The van der Waals surface area contributed by atoms with Gasteiger partial charge in [-0.2, -0.15) is 4.98 Å². The van der Waals surface area contributed by atoms with Crippen LogP contribution in [0.5, 0.6) is 6.01 Å². The van der Waals surface area contributed by atoms with E-state index in [1.54, 1.807) is 21.0 Å². The number of aryl methyl sites for hydroxylation is 2. The molecular formula is C18H21N5O2. The van der Waals surface area contributed by atoms with Crippen LogP contribution in [0.2, 0.25) is 0 Å². The third-order valence-electron chi connectivity index (χ3n) is 4.12. The number of nitrogens with two attached hydrogens (primary N) is 1. The molecule has 0 amide bonds. The summed E-state index contributed by atoms with van der Waals surface area (Å²) in [5.41, 5.74) is 12.6. The third-order valence-corrected chi connectivity index (χ3v) is 4.12. The van der Waals surface area contributed by atoms with Gasteiger partial charge in [0.25, 0.3) is 6.01 Å². The molecule has 0 saturated heterocycles. The molecule has 0 unspecified atom stereocenters. The lowest BCUT2D eigenvalue weighted by molar-refractivity contribution is 0.386.